The van der Waals surface area contributed by atoms with Crippen molar-refractivity contribution in [2.75, 3.05) is 5.88 Å². The van der Waals surface area contributed by atoms with E-state index in [0.29, 0.717) is 0 Å². The largest absolute Gasteiger partial charge is 0.348 e. The molecule has 0 atom stereocenters. The minimum atomic E-state index is -3.38. The van der Waals surface area contributed by atoms with E-state index >= 15 is 0 Å². The maximum absolute atomic E-state index is 10.6. The second kappa shape index (κ2) is 2.59. The zero-order chi connectivity index (χ0) is 7.61. The smallest absolute Gasteiger partial charge is 0.278 e. The third-order valence-electron chi connectivity index (χ3n) is 0.854. The Kier molecular flexibility index (Phi) is 1.96. The minimum Gasteiger partial charge on any atom is -0.348 e. The lowest BCUT2D eigenvalue weighted by atomic mass is 10.7. The summed E-state index contributed by atoms with van der Waals surface area (Å²) in [5.74, 6) is 0.327. The molecule has 0 saturated carbocycles. The van der Waals surface area contributed by atoms with Gasteiger partial charge in [0.1, 0.15) is 5.84 Å². The van der Waals surface area contributed by atoms with Crippen molar-refractivity contribution in [2.24, 2.45) is 4.40 Å². The van der Waals surface area contributed by atoms with Gasteiger partial charge in [-0.25, -0.2) is 0 Å². The first-order valence-corrected chi connectivity index (χ1v) is 4.51. The molecule has 1 rings (SSSR count). The highest BCUT2D eigenvalue weighted by Crippen LogP contribution is 1.99. The molecule has 0 unspecified atom stereocenters. The Hall–Kier alpha value is -0.550. The number of nitrogens with one attached hydrogen (secondary N) is 1. The zero-order valence-electron chi connectivity index (χ0n) is 4.91. The molecule has 56 valence electrons. The predicted molar refractivity (Wildman–Crippen MR) is 39.4 cm³/mol. The standard InChI is InChI=1S/C4H5ClN2O2S/c5-3-4-6-1-2-10(8,9)7-4/h1-2H,3H2,(H,6,7). The van der Waals surface area contributed by atoms with E-state index in [1.165, 1.54) is 6.20 Å². The first kappa shape index (κ1) is 7.56. The topological polar surface area (TPSA) is 58.5 Å². The van der Waals surface area contributed by atoms with E-state index in [-0.39, 0.29) is 11.7 Å². The Balaban J connectivity index is 2.95. The van der Waals surface area contributed by atoms with Crippen LogP contribution in [0.2, 0.25) is 0 Å². The summed E-state index contributed by atoms with van der Waals surface area (Å²) in [6.07, 6.45) is 1.29. The molecule has 0 radical (unpaired) electrons. The monoisotopic (exact) mass is 180 g/mol. The second-order valence-electron chi connectivity index (χ2n) is 1.63. The number of hydrogen-bond acceptors (Lipinski definition) is 3. The van der Waals surface area contributed by atoms with Crippen LogP contribution in [0.1, 0.15) is 0 Å². The maximum Gasteiger partial charge on any atom is 0.278 e. The summed E-state index contributed by atoms with van der Waals surface area (Å²) < 4.78 is 24.6. The summed E-state index contributed by atoms with van der Waals surface area (Å²) in [5, 5.41) is 3.56. The molecule has 1 aliphatic heterocycles. The van der Waals surface area contributed by atoms with Crippen molar-refractivity contribution < 1.29 is 8.42 Å². The van der Waals surface area contributed by atoms with Crippen molar-refractivity contribution in [1.29, 1.82) is 0 Å². The van der Waals surface area contributed by atoms with Gasteiger partial charge >= 0.3 is 0 Å². The van der Waals surface area contributed by atoms with Crippen LogP contribution in [0.3, 0.4) is 0 Å². The molecule has 6 heteroatoms. The molecular formula is C4H5ClN2O2S. The van der Waals surface area contributed by atoms with Gasteiger partial charge in [0.15, 0.2) is 0 Å². The van der Waals surface area contributed by atoms with Gasteiger partial charge in [0.2, 0.25) is 0 Å². The number of hydrogen-bond donors (Lipinski definition) is 1. The molecule has 0 aromatic carbocycles. The fourth-order valence-electron chi connectivity index (χ4n) is 0.490. The van der Waals surface area contributed by atoms with Crippen LogP contribution in [0.4, 0.5) is 0 Å². The lowest BCUT2D eigenvalue weighted by Crippen LogP contribution is -2.23. The van der Waals surface area contributed by atoms with E-state index in [4.69, 9.17) is 11.6 Å². The number of nitrogens with zero attached hydrogens (tertiary/aromatic N) is 1. The molecule has 0 bridgehead atoms. The highest BCUT2D eigenvalue weighted by Gasteiger charge is 2.09. The number of halogens is 1. The minimum absolute atomic E-state index is 0.0730. The summed E-state index contributed by atoms with van der Waals surface area (Å²) >= 11 is 5.32. The lowest BCUT2D eigenvalue weighted by molar-refractivity contribution is 0.605. The second-order valence-corrected chi connectivity index (χ2v) is 3.39. The average molecular weight is 181 g/mol. The van der Waals surface area contributed by atoms with Crippen molar-refractivity contribution in [3.8, 4) is 0 Å². The van der Waals surface area contributed by atoms with Crippen LogP contribution in [-0.4, -0.2) is 20.1 Å². The van der Waals surface area contributed by atoms with Crippen molar-refractivity contribution in [2.45, 2.75) is 0 Å². The fraction of sp³-hybridized carbons (Fsp3) is 0.250. The molecule has 0 spiro atoms. The van der Waals surface area contributed by atoms with E-state index in [2.05, 4.69) is 9.71 Å². The lowest BCUT2D eigenvalue weighted by Gasteiger charge is -2.04. The Morgan fingerprint density at radius 1 is 1.70 bits per heavy atom. The van der Waals surface area contributed by atoms with Gasteiger partial charge in [-0.3, -0.25) is 0 Å². The maximum atomic E-state index is 10.6. The Morgan fingerprint density at radius 2 is 2.40 bits per heavy atom. The van der Waals surface area contributed by atoms with Crippen molar-refractivity contribution in [3.05, 3.63) is 11.6 Å². The molecule has 4 nitrogen and oxygen atoms in total. The summed E-state index contributed by atoms with van der Waals surface area (Å²) in [5.41, 5.74) is 0. The third-order valence-corrected chi connectivity index (χ3v) is 2.06. The van der Waals surface area contributed by atoms with Gasteiger partial charge in [-0.15, -0.1) is 16.0 Å². The molecule has 0 aromatic rings. The SMILES string of the molecule is O=S1(=O)C=CNC(CCl)=N1. The number of amidine groups is 1. The van der Waals surface area contributed by atoms with E-state index in [1.807, 2.05) is 0 Å². The number of alkyl halides is 1. The van der Waals surface area contributed by atoms with Gasteiger partial charge in [0, 0.05) is 6.20 Å². The molecule has 0 aliphatic carbocycles. The van der Waals surface area contributed by atoms with Crippen molar-refractivity contribution in [3.63, 3.8) is 0 Å². The fourth-order valence-corrected chi connectivity index (χ4v) is 1.42. The van der Waals surface area contributed by atoms with Crippen LogP contribution in [0.5, 0.6) is 0 Å². The molecule has 0 amide bonds. The molecular weight excluding hydrogens is 176 g/mol. The van der Waals surface area contributed by atoms with E-state index in [0.717, 1.165) is 5.41 Å². The molecule has 0 aromatic heterocycles. The summed E-state index contributed by atoms with van der Waals surface area (Å²) in [4.78, 5) is 0. The number of rotatable bonds is 1. The van der Waals surface area contributed by atoms with Crippen LogP contribution in [0.15, 0.2) is 16.0 Å². The highest BCUT2D eigenvalue weighted by atomic mass is 35.5. The van der Waals surface area contributed by atoms with Gasteiger partial charge in [0.05, 0.1) is 11.3 Å². The Morgan fingerprint density at radius 3 is 2.80 bits per heavy atom. The van der Waals surface area contributed by atoms with Crippen LogP contribution in [-0.2, 0) is 10.0 Å². The molecule has 0 saturated heterocycles. The van der Waals surface area contributed by atoms with Gasteiger partial charge < -0.3 is 5.32 Å². The molecule has 1 N–H and O–H groups in total. The van der Waals surface area contributed by atoms with Crippen LogP contribution < -0.4 is 5.32 Å². The summed E-state index contributed by atoms with van der Waals surface area (Å²) in [6.45, 7) is 0. The quantitative estimate of drug-likeness (QED) is 0.580. The molecule has 1 heterocycles. The first-order chi connectivity index (χ1) is 4.64. The Bertz CT molecular complexity index is 280. The first-order valence-electron chi connectivity index (χ1n) is 2.47. The van der Waals surface area contributed by atoms with Gasteiger partial charge in [-0.05, 0) is 0 Å². The van der Waals surface area contributed by atoms with Crippen LogP contribution >= 0.6 is 11.6 Å². The van der Waals surface area contributed by atoms with Crippen molar-refractivity contribution >= 4 is 27.5 Å². The molecule has 10 heavy (non-hydrogen) atoms. The molecule has 1 aliphatic rings. The van der Waals surface area contributed by atoms with E-state index < -0.39 is 10.0 Å². The summed E-state index contributed by atoms with van der Waals surface area (Å²) in [6, 6.07) is 0. The zero-order valence-corrected chi connectivity index (χ0v) is 6.48. The van der Waals surface area contributed by atoms with Crippen LogP contribution in [0.25, 0.3) is 0 Å². The average Bonchev–Trinajstić information content (AvgIpc) is 1.86. The van der Waals surface area contributed by atoms with E-state index in [9.17, 15) is 8.42 Å². The highest BCUT2D eigenvalue weighted by molar-refractivity contribution is 7.93. The molecule has 0 fully saturated rings. The van der Waals surface area contributed by atoms with E-state index in [1.54, 1.807) is 0 Å². The summed E-state index contributed by atoms with van der Waals surface area (Å²) in [7, 11) is -3.38. The van der Waals surface area contributed by atoms with Crippen molar-refractivity contribution in [1.82, 2.24) is 5.32 Å². The van der Waals surface area contributed by atoms with Gasteiger partial charge in [0.25, 0.3) is 10.0 Å². The third kappa shape index (κ3) is 1.71. The Labute approximate surface area is 63.6 Å². The van der Waals surface area contributed by atoms with Crippen LogP contribution in [0, 0.1) is 0 Å². The van der Waals surface area contributed by atoms with Gasteiger partial charge in [-0.2, -0.15) is 8.42 Å². The predicted octanol–water partition coefficient (Wildman–Crippen LogP) is 0.0279. The van der Waals surface area contributed by atoms with Gasteiger partial charge in [-0.1, -0.05) is 0 Å². The number of sulfonamides is 1. The normalized spacial score (nSPS) is 21.5.